The van der Waals surface area contributed by atoms with Crippen molar-refractivity contribution in [1.29, 1.82) is 0 Å². The Morgan fingerprint density at radius 2 is 1.95 bits per heavy atom. The maximum Gasteiger partial charge on any atom is 0.324 e. The van der Waals surface area contributed by atoms with Crippen LogP contribution in [0.15, 0.2) is 0 Å². The molecule has 2 N–H and O–H groups in total. The van der Waals surface area contributed by atoms with Crippen molar-refractivity contribution in [3.63, 3.8) is 0 Å². The number of nitrogens with zero attached hydrogens (tertiary/aromatic N) is 6. The predicted molar refractivity (Wildman–Crippen MR) is 68.1 cm³/mol. The first-order valence-corrected chi connectivity index (χ1v) is 6.24. The Morgan fingerprint density at radius 1 is 1.30 bits per heavy atom. The number of carbonyl (C=O) groups is 2. The Bertz CT molecular complexity index is 495. The highest BCUT2D eigenvalue weighted by atomic mass is 16.4. The van der Waals surface area contributed by atoms with Gasteiger partial charge >= 0.3 is 12.0 Å². The van der Waals surface area contributed by atoms with Crippen LogP contribution in [0.2, 0.25) is 0 Å². The van der Waals surface area contributed by atoms with Crippen molar-refractivity contribution in [2.45, 2.75) is 13.0 Å². The lowest BCUT2D eigenvalue weighted by molar-refractivity contribution is -0.143. The quantitative estimate of drug-likeness (QED) is 0.718. The van der Waals surface area contributed by atoms with Crippen LogP contribution in [0.1, 0.15) is 6.92 Å². The van der Waals surface area contributed by atoms with Gasteiger partial charge in [0.05, 0.1) is 7.05 Å². The minimum Gasteiger partial charge on any atom is -0.480 e. The Morgan fingerprint density at radius 3 is 2.45 bits per heavy atom. The van der Waals surface area contributed by atoms with E-state index in [-0.39, 0.29) is 12.0 Å². The van der Waals surface area contributed by atoms with Crippen LogP contribution in [0.25, 0.3) is 0 Å². The first-order valence-electron chi connectivity index (χ1n) is 6.24. The van der Waals surface area contributed by atoms with E-state index in [1.807, 2.05) is 4.90 Å². The summed E-state index contributed by atoms with van der Waals surface area (Å²) in [6.45, 7) is 3.61. The molecular weight excluding hydrogens is 266 g/mol. The fraction of sp³-hybridized carbons (Fsp3) is 0.700. The van der Waals surface area contributed by atoms with Gasteiger partial charge in [0.15, 0.2) is 0 Å². The summed E-state index contributed by atoms with van der Waals surface area (Å²) in [4.78, 5) is 27.5. The summed E-state index contributed by atoms with van der Waals surface area (Å²) in [5.74, 6) is -0.703. The van der Waals surface area contributed by atoms with Gasteiger partial charge in [0.1, 0.15) is 6.04 Å². The maximum atomic E-state index is 12.0. The molecule has 1 aliphatic rings. The van der Waals surface area contributed by atoms with Crippen molar-refractivity contribution >= 4 is 17.9 Å². The molecule has 10 heteroatoms. The van der Waals surface area contributed by atoms with Gasteiger partial charge in [-0.2, -0.15) is 4.80 Å². The largest absolute Gasteiger partial charge is 0.480 e. The molecule has 0 spiro atoms. The molecule has 2 heterocycles. The summed E-state index contributed by atoms with van der Waals surface area (Å²) in [7, 11) is 1.61. The zero-order valence-electron chi connectivity index (χ0n) is 11.4. The minimum atomic E-state index is -0.855. The van der Waals surface area contributed by atoms with E-state index in [4.69, 9.17) is 5.11 Å². The molecule has 1 fully saturated rings. The number of aliphatic carboxylic acids is 1. The molecule has 0 saturated carbocycles. The number of amides is 2. The molecule has 0 aliphatic carbocycles. The zero-order valence-corrected chi connectivity index (χ0v) is 11.4. The number of hydrogen-bond acceptors (Lipinski definition) is 6. The second kappa shape index (κ2) is 5.82. The molecule has 1 aromatic heterocycles. The lowest BCUT2D eigenvalue weighted by Crippen LogP contribution is -2.54. The second-order valence-electron chi connectivity index (χ2n) is 4.57. The average molecular weight is 283 g/mol. The van der Waals surface area contributed by atoms with Gasteiger partial charge in [0, 0.05) is 26.2 Å². The summed E-state index contributed by atoms with van der Waals surface area (Å²) in [6, 6.07) is -0.845. The Hall–Kier alpha value is -2.23. The molecule has 0 radical (unpaired) electrons. The first kappa shape index (κ1) is 14.2. The number of carboxylic acid groups (broad SMARTS) is 1. The van der Waals surface area contributed by atoms with Crippen LogP contribution < -0.4 is 5.32 Å². The fourth-order valence-corrected chi connectivity index (χ4v) is 1.98. The molecule has 20 heavy (non-hydrogen) atoms. The van der Waals surface area contributed by atoms with Crippen molar-refractivity contribution < 1.29 is 14.7 Å². The third kappa shape index (κ3) is 3.20. The summed E-state index contributed by atoms with van der Waals surface area (Å²) < 4.78 is 0. The van der Waals surface area contributed by atoms with E-state index >= 15 is 0 Å². The maximum absolute atomic E-state index is 12.0. The van der Waals surface area contributed by atoms with Crippen LogP contribution in [0, 0.1) is 0 Å². The molecule has 10 nitrogen and oxygen atoms in total. The van der Waals surface area contributed by atoms with Crippen molar-refractivity contribution in [3.8, 4) is 0 Å². The summed E-state index contributed by atoms with van der Waals surface area (Å²) in [5.41, 5.74) is 0. The van der Waals surface area contributed by atoms with Crippen LogP contribution in [0.3, 0.4) is 0 Å². The lowest BCUT2D eigenvalue weighted by atomic mass is 10.2. The molecule has 2 rings (SSSR count). The van der Waals surface area contributed by atoms with E-state index in [0.717, 1.165) is 0 Å². The van der Waals surface area contributed by atoms with Crippen LogP contribution >= 0.6 is 0 Å². The van der Waals surface area contributed by atoms with Gasteiger partial charge in [0.2, 0.25) is 0 Å². The SMILES string of the molecule is CC(C(=O)O)N1CCN(C(=O)Nc2nnn(C)n2)CC1. The van der Waals surface area contributed by atoms with E-state index in [1.165, 1.54) is 4.80 Å². The molecule has 0 aromatic carbocycles. The van der Waals surface area contributed by atoms with Gasteiger partial charge in [0.25, 0.3) is 5.95 Å². The van der Waals surface area contributed by atoms with Gasteiger partial charge in [-0.25, -0.2) is 4.79 Å². The highest BCUT2D eigenvalue weighted by Crippen LogP contribution is 2.08. The van der Waals surface area contributed by atoms with E-state index < -0.39 is 12.0 Å². The third-order valence-corrected chi connectivity index (χ3v) is 3.23. The molecule has 2 amide bonds. The number of tetrazole rings is 1. The Balaban J connectivity index is 1.84. The number of piperazine rings is 1. The highest BCUT2D eigenvalue weighted by molar-refractivity contribution is 5.87. The molecule has 1 unspecified atom stereocenters. The number of aromatic nitrogens is 4. The van der Waals surface area contributed by atoms with Crippen molar-refractivity contribution in [3.05, 3.63) is 0 Å². The number of urea groups is 1. The summed E-state index contributed by atoms with van der Waals surface area (Å²) >= 11 is 0. The minimum absolute atomic E-state index is 0.152. The number of hydrogen-bond donors (Lipinski definition) is 2. The van der Waals surface area contributed by atoms with Crippen molar-refractivity contribution in [2.75, 3.05) is 31.5 Å². The van der Waals surface area contributed by atoms with Gasteiger partial charge in [-0.3, -0.25) is 15.0 Å². The number of rotatable bonds is 3. The van der Waals surface area contributed by atoms with Gasteiger partial charge in [-0.05, 0) is 12.1 Å². The van der Waals surface area contributed by atoms with E-state index in [1.54, 1.807) is 18.9 Å². The number of carbonyl (C=O) groups excluding carboxylic acids is 1. The molecule has 0 bridgehead atoms. The van der Waals surface area contributed by atoms with Crippen LogP contribution in [-0.2, 0) is 11.8 Å². The molecular formula is C10H17N7O3. The van der Waals surface area contributed by atoms with Gasteiger partial charge < -0.3 is 10.0 Å². The highest BCUT2D eigenvalue weighted by Gasteiger charge is 2.27. The normalized spacial score (nSPS) is 17.8. The molecule has 1 saturated heterocycles. The van der Waals surface area contributed by atoms with E-state index in [9.17, 15) is 9.59 Å². The average Bonchev–Trinajstić information content (AvgIpc) is 2.83. The second-order valence-corrected chi connectivity index (χ2v) is 4.57. The van der Waals surface area contributed by atoms with Crippen molar-refractivity contribution in [1.82, 2.24) is 30.0 Å². The zero-order chi connectivity index (χ0) is 14.7. The summed E-state index contributed by atoms with van der Waals surface area (Å²) in [6.07, 6.45) is 0. The van der Waals surface area contributed by atoms with Gasteiger partial charge in [-0.15, -0.1) is 5.10 Å². The standard InChI is InChI=1S/C10H17N7O3/c1-7(8(18)19)16-3-5-17(6-4-16)10(20)11-9-12-14-15(2)13-9/h7H,3-6H2,1-2H3,(H,18,19)(H,11,13,20). The molecule has 110 valence electrons. The molecule has 1 aromatic rings. The topological polar surface area (TPSA) is 116 Å². The van der Waals surface area contributed by atoms with Gasteiger partial charge in [-0.1, -0.05) is 5.10 Å². The van der Waals surface area contributed by atoms with E-state index in [2.05, 4.69) is 20.7 Å². The predicted octanol–water partition coefficient (Wildman–Crippen LogP) is -1.17. The monoisotopic (exact) mass is 283 g/mol. The third-order valence-electron chi connectivity index (χ3n) is 3.23. The molecule has 1 atom stereocenters. The number of anilines is 1. The Labute approximate surface area is 115 Å². The van der Waals surface area contributed by atoms with E-state index in [0.29, 0.717) is 26.2 Å². The molecule has 1 aliphatic heterocycles. The fourth-order valence-electron chi connectivity index (χ4n) is 1.98. The van der Waals surface area contributed by atoms with Crippen molar-refractivity contribution in [2.24, 2.45) is 7.05 Å². The van der Waals surface area contributed by atoms with Crippen LogP contribution in [-0.4, -0.2) is 79.3 Å². The first-order chi connectivity index (χ1) is 9.47. The summed E-state index contributed by atoms with van der Waals surface area (Å²) in [5, 5.41) is 22.6. The Kier molecular flexibility index (Phi) is 4.13. The number of nitrogens with one attached hydrogen (secondary N) is 1. The van der Waals surface area contributed by atoms with Crippen LogP contribution in [0.4, 0.5) is 10.7 Å². The number of carboxylic acids is 1. The van der Waals surface area contributed by atoms with Crippen LogP contribution in [0.5, 0.6) is 0 Å². The number of aryl methyl sites for hydroxylation is 1. The lowest BCUT2D eigenvalue weighted by Gasteiger charge is -2.36. The smallest absolute Gasteiger partial charge is 0.324 e.